The van der Waals surface area contributed by atoms with Gasteiger partial charge in [-0.05, 0) is 12.1 Å². The number of aliphatic hydroxyl groups excluding tert-OH is 2. The van der Waals surface area contributed by atoms with Crippen molar-refractivity contribution < 1.29 is 29.8 Å². The number of imide groups is 1. The third-order valence-electron chi connectivity index (χ3n) is 3.85. The average Bonchev–Trinajstić information content (AvgIpc) is 2.55. The van der Waals surface area contributed by atoms with Crippen LogP contribution in [0, 0.1) is 10.1 Å². The summed E-state index contributed by atoms with van der Waals surface area (Å²) in [6, 6.07) is 5.10. The fourth-order valence-electron chi connectivity index (χ4n) is 2.81. The number of β-amino-alcohol motifs (C(OH)–C–C–N with tert-alkyl or cyclic N) is 1. The maximum absolute atomic E-state index is 12.5. The monoisotopic (exact) mass is 332 g/mol. The normalized spacial score (nSPS) is 15.0. The van der Waals surface area contributed by atoms with Crippen LogP contribution in [0.2, 0.25) is 0 Å². The Morgan fingerprint density at radius 2 is 1.88 bits per heavy atom. The summed E-state index contributed by atoms with van der Waals surface area (Å²) < 4.78 is 0. The van der Waals surface area contributed by atoms with Crippen LogP contribution in [0.3, 0.4) is 0 Å². The Morgan fingerprint density at radius 1 is 1.21 bits per heavy atom. The molecule has 2 amide bonds. The highest BCUT2D eigenvalue weighted by atomic mass is 16.6. The maximum Gasteiger partial charge on any atom is 0.318 e. The number of rotatable bonds is 4. The summed E-state index contributed by atoms with van der Waals surface area (Å²) in [6.07, 6.45) is -1.31. The number of hydrogen-bond acceptors (Lipinski definition) is 7. The van der Waals surface area contributed by atoms with Crippen LogP contribution >= 0.6 is 0 Å². The summed E-state index contributed by atoms with van der Waals surface area (Å²) in [6.45, 7) is -1.07. The zero-order valence-corrected chi connectivity index (χ0v) is 12.2. The van der Waals surface area contributed by atoms with Gasteiger partial charge in [0.05, 0.1) is 35.1 Å². The van der Waals surface area contributed by atoms with Crippen molar-refractivity contribution in [3.8, 4) is 5.75 Å². The minimum Gasteiger partial charge on any atom is -0.502 e. The van der Waals surface area contributed by atoms with E-state index in [1.807, 2.05) is 0 Å². The molecule has 1 aliphatic heterocycles. The van der Waals surface area contributed by atoms with Crippen LogP contribution in [0.5, 0.6) is 5.75 Å². The molecule has 1 heterocycles. The van der Waals surface area contributed by atoms with Gasteiger partial charge in [-0.3, -0.25) is 24.6 Å². The van der Waals surface area contributed by atoms with Gasteiger partial charge in [0.25, 0.3) is 11.8 Å². The fraction of sp³-hybridized carbons (Fsp3) is 0.200. The highest BCUT2D eigenvalue weighted by Crippen LogP contribution is 2.40. The maximum atomic E-state index is 12.5. The number of benzene rings is 2. The van der Waals surface area contributed by atoms with Crippen molar-refractivity contribution >= 4 is 28.3 Å². The van der Waals surface area contributed by atoms with Crippen LogP contribution in [0.4, 0.5) is 5.69 Å². The molecule has 0 aliphatic carbocycles. The van der Waals surface area contributed by atoms with Crippen LogP contribution in [0.15, 0.2) is 24.3 Å². The van der Waals surface area contributed by atoms with Gasteiger partial charge in [0, 0.05) is 17.0 Å². The van der Waals surface area contributed by atoms with Gasteiger partial charge in [0.15, 0.2) is 5.75 Å². The zero-order valence-electron chi connectivity index (χ0n) is 12.2. The first-order valence-corrected chi connectivity index (χ1v) is 6.95. The molecule has 24 heavy (non-hydrogen) atoms. The number of phenols is 1. The Hall–Kier alpha value is -3.04. The first-order chi connectivity index (χ1) is 11.4. The lowest BCUT2D eigenvalue weighted by Gasteiger charge is -2.28. The number of carbonyl (C=O) groups excluding carboxylic acids is 2. The molecule has 2 aromatic carbocycles. The highest BCUT2D eigenvalue weighted by molar-refractivity contribution is 6.26. The van der Waals surface area contributed by atoms with Crippen molar-refractivity contribution in [3.63, 3.8) is 0 Å². The summed E-state index contributed by atoms with van der Waals surface area (Å²) >= 11 is 0. The highest BCUT2D eigenvalue weighted by Gasteiger charge is 2.36. The number of aromatic hydroxyl groups is 1. The summed E-state index contributed by atoms with van der Waals surface area (Å²) in [5.41, 5.74) is -0.608. The minimum absolute atomic E-state index is 0.0171. The molecule has 0 fully saturated rings. The van der Waals surface area contributed by atoms with E-state index in [1.165, 1.54) is 18.2 Å². The quantitative estimate of drug-likeness (QED) is 0.418. The van der Waals surface area contributed by atoms with Gasteiger partial charge < -0.3 is 15.3 Å². The smallest absolute Gasteiger partial charge is 0.318 e. The Balaban J connectivity index is 2.29. The van der Waals surface area contributed by atoms with E-state index in [0.29, 0.717) is 0 Å². The predicted molar refractivity (Wildman–Crippen MR) is 80.7 cm³/mol. The first kappa shape index (κ1) is 15.8. The van der Waals surface area contributed by atoms with Crippen molar-refractivity contribution in [3.05, 3.63) is 45.5 Å². The molecule has 0 radical (unpaired) electrons. The van der Waals surface area contributed by atoms with Crippen LogP contribution in [0.25, 0.3) is 10.8 Å². The average molecular weight is 332 g/mol. The summed E-state index contributed by atoms with van der Waals surface area (Å²) in [5, 5.41) is 39.6. The van der Waals surface area contributed by atoms with Crippen molar-refractivity contribution in [2.24, 2.45) is 0 Å². The van der Waals surface area contributed by atoms with Crippen molar-refractivity contribution in [1.82, 2.24) is 4.90 Å². The van der Waals surface area contributed by atoms with Crippen molar-refractivity contribution in [1.29, 1.82) is 0 Å². The second-order valence-electron chi connectivity index (χ2n) is 5.33. The molecule has 1 aliphatic rings. The molecule has 9 nitrogen and oxygen atoms in total. The molecular formula is C15H12N2O7. The topological polar surface area (TPSA) is 141 Å². The van der Waals surface area contributed by atoms with Crippen molar-refractivity contribution in [2.45, 2.75) is 6.10 Å². The second kappa shape index (κ2) is 5.55. The Labute approximate surface area is 134 Å². The lowest BCUT2D eigenvalue weighted by molar-refractivity contribution is -0.384. The molecule has 0 aromatic heterocycles. The number of nitro groups is 1. The number of phenolic OH excluding ortho intramolecular Hbond substituents is 1. The molecular weight excluding hydrogens is 320 g/mol. The number of carbonyl (C=O) groups is 2. The van der Waals surface area contributed by atoms with E-state index in [2.05, 4.69) is 0 Å². The number of amides is 2. The lowest BCUT2D eigenvalue weighted by Crippen LogP contribution is -2.45. The minimum atomic E-state index is -1.31. The molecule has 0 saturated heterocycles. The van der Waals surface area contributed by atoms with E-state index in [1.54, 1.807) is 0 Å². The van der Waals surface area contributed by atoms with Crippen LogP contribution in [-0.2, 0) is 0 Å². The summed E-state index contributed by atoms with van der Waals surface area (Å²) in [5.74, 6) is -2.23. The third-order valence-corrected chi connectivity index (χ3v) is 3.85. The van der Waals surface area contributed by atoms with E-state index >= 15 is 0 Å². The first-order valence-electron chi connectivity index (χ1n) is 6.95. The Kier molecular flexibility index (Phi) is 3.66. The summed E-state index contributed by atoms with van der Waals surface area (Å²) in [7, 11) is 0. The molecule has 1 unspecified atom stereocenters. The molecule has 1 atom stereocenters. The largest absolute Gasteiger partial charge is 0.502 e. The number of hydrogen-bond donors (Lipinski definition) is 3. The lowest BCUT2D eigenvalue weighted by atomic mass is 9.92. The molecule has 124 valence electrons. The summed E-state index contributed by atoms with van der Waals surface area (Å²) in [4.78, 5) is 36.2. The second-order valence-corrected chi connectivity index (χ2v) is 5.33. The molecule has 3 rings (SSSR count). The van der Waals surface area contributed by atoms with Gasteiger partial charge in [0.1, 0.15) is 0 Å². The Bertz CT molecular complexity index is 893. The van der Waals surface area contributed by atoms with E-state index in [4.69, 9.17) is 5.11 Å². The molecule has 0 bridgehead atoms. The van der Waals surface area contributed by atoms with Gasteiger partial charge in [-0.25, -0.2) is 0 Å². The number of aliphatic hydroxyl groups is 2. The van der Waals surface area contributed by atoms with Crippen LogP contribution in [-0.4, -0.2) is 56.2 Å². The molecule has 3 N–H and O–H groups in total. The molecule has 9 heteroatoms. The van der Waals surface area contributed by atoms with E-state index in [-0.39, 0.29) is 21.9 Å². The van der Waals surface area contributed by atoms with Gasteiger partial charge >= 0.3 is 5.69 Å². The van der Waals surface area contributed by atoms with E-state index in [0.717, 1.165) is 11.0 Å². The molecule has 2 aromatic rings. The number of nitrogens with zero attached hydrogens (tertiary/aromatic N) is 2. The fourth-order valence-corrected chi connectivity index (χ4v) is 2.81. The van der Waals surface area contributed by atoms with E-state index < -0.39 is 47.4 Å². The van der Waals surface area contributed by atoms with Gasteiger partial charge in [0.2, 0.25) is 0 Å². The SMILES string of the molecule is O=C1c2cccc3c([N+](=O)[O-])c(O)cc(c23)C(=O)N1CC(O)CO. The van der Waals surface area contributed by atoms with Crippen LogP contribution in [0.1, 0.15) is 20.7 Å². The standard InChI is InChI=1S/C15H12N2O7/c18-6-7(19)5-16-14(21)9-3-1-2-8-12(9)10(15(16)22)4-11(20)13(8)17(23)24/h1-4,7,18-20H,5-6H2. The Morgan fingerprint density at radius 3 is 2.50 bits per heavy atom. The van der Waals surface area contributed by atoms with Crippen molar-refractivity contribution in [2.75, 3.05) is 13.2 Å². The molecule has 0 spiro atoms. The number of nitro benzene ring substituents is 1. The van der Waals surface area contributed by atoms with Gasteiger partial charge in [-0.2, -0.15) is 0 Å². The third kappa shape index (κ3) is 2.18. The van der Waals surface area contributed by atoms with E-state index in [9.17, 15) is 29.9 Å². The van der Waals surface area contributed by atoms with Gasteiger partial charge in [-0.1, -0.05) is 6.07 Å². The predicted octanol–water partition coefficient (Wildman–Crippen LogP) is 0.403. The zero-order chi connectivity index (χ0) is 17.6. The van der Waals surface area contributed by atoms with Crippen LogP contribution < -0.4 is 0 Å². The molecule has 0 saturated carbocycles. The van der Waals surface area contributed by atoms with Gasteiger partial charge in [-0.15, -0.1) is 0 Å².